The first-order valence-corrected chi connectivity index (χ1v) is 14.2. The molecule has 0 spiro atoms. The summed E-state index contributed by atoms with van der Waals surface area (Å²) in [5.74, 6) is -0.374. The van der Waals surface area contributed by atoms with Gasteiger partial charge in [0.05, 0.1) is 36.6 Å². The second-order valence-electron chi connectivity index (χ2n) is 9.53. The van der Waals surface area contributed by atoms with E-state index in [0.29, 0.717) is 13.2 Å². The molecular weight excluding hydrogens is 508 g/mol. The summed E-state index contributed by atoms with van der Waals surface area (Å²) in [6, 6.07) is 11.2. The van der Waals surface area contributed by atoms with E-state index in [1.807, 2.05) is 50.2 Å². The summed E-state index contributed by atoms with van der Waals surface area (Å²) in [4.78, 5) is 23.9. The molecule has 0 aliphatic carbocycles. The van der Waals surface area contributed by atoms with E-state index < -0.39 is 0 Å². The number of nitrogens with one attached hydrogen (secondary N) is 4. The molecule has 4 N–H and O–H groups in total. The molecule has 0 saturated heterocycles. The first-order chi connectivity index (χ1) is 19.5. The minimum absolute atomic E-state index is 0.187. The normalized spacial score (nSPS) is 12.3. The molecule has 40 heavy (non-hydrogen) atoms. The van der Waals surface area contributed by atoms with Gasteiger partial charge < -0.3 is 20.1 Å². The Bertz CT molecular complexity index is 1230. The van der Waals surface area contributed by atoms with Gasteiger partial charge in [-0.2, -0.15) is 10.2 Å². The molecule has 0 saturated carbocycles. The average Bonchev–Trinajstić information content (AvgIpc) is 3.62. The van der Waals surface area contributed by atoms with Crippen molar-refractivity contribution in [3.63, 3.8) is 0 Å². The first kappa shape index (κ1) is 30.5. The maximum Gasteiger partial charge on any atom is 0.328 e. The summed E-state index contributed by atoms with van der Waals surface area (Å²) in [6.45, 7) is 8.69. The van der Waals surface area contributed by atoms with Gasteiger partial charge in [-0.3, -0.25) is 10.2 Å². The highest BCUT2D eigenvalue weighted by Crippen LogP contribution is 2.20. The van der Waals surface area contributed by atoms with Crippen LogP contribution in [-0.2, 0) is 19.1 Å². The van der Waals surface area contributed by atoms with Gasteiger partial charge >= 0.3 is 11.9 Å². The molecular formula is C30H42N6O4. The number of hydrogen-bond acceptors (Lipinski definition) is 8. The summed E-state index contributed by atoms with van der Waals surface area (Å²) >= 11 is 0. The molecule has 2 aromatic heterocycles. The van der Waals surface area contributed by atoms with Crippen LogP contribution >= 0.6 is 0 Å². The number of H-pyrrole nitrogens is 2. The number of aromatic amines is 2. The van der Waals surface area contributed by atoms with Crippen LogP contribution in [0.1, 0.15) is 66.2 Å². The molecule has 2 heterocycles. The maximum atomic E-state index is 12.0. The van der Waals surface area contributed by atoms with Gasteiger partial charge in [-0.05, 0) is 63.1 Å². The largest absolute Gasteiger partial charge is 0.464 e. The Morgan fingerprint density at radius 3 is 1.52 bits per heavy atom. The van der Waals surface area contributed by atoms with Crippen LogP contribution in [0.5, 0.6) is 0 Å². The zero-order valence-electron chi connectivity index (χ0n) is 24.0. The molecule has 0 amide bonds. The van der Waals surface area contributed by atoms with Crippen LogP contribution in [-0.4, -0.2) is 57.6 Å². The van der Waals surface area contributed by atoms with Crippen molar-refractivity contribution in [3.8, 4) is 0 Å². The maximum absolute atomic E-state index is 12.0. The number of aromatic nitrogens is 4. The van der Waals surface area contributed by atoms with Crippen molar-refractivity contribution in [1.82, 2.24) is 20.4 Å². The van der Waals surface area contributed by atoms with E-state index in [0.717, 1.165) is 71.7 Å². The number of hydrogen-bond donors (Lipinski definition) is 4. The average molecular weight is 551 g/mol. The fraction of sp³-hybridized carbons (Fsp3) is 0.467. The van der Waals surface area contributed by atoms with Crippen molar-refractivity contribution in [1.29, 1.82) is 0 Å². The molecule has 0 aliphatic rings. The third-order valence-electron chi connectivity index (χ3n) is 6.40. The first-order valence-electron chi connectivity index (χ1n) is 14.2. The number of rotatable bonds is 14. The van der Waals surface area contributed by atoms with E-state index in [-0.39, 0.29) is 24.0 Å². The number of ether oxygens (including phenoxy) is 2. The molecule has 2 unspecified atom stereocenters. The van der Waals surface area contributed by atoms with E-state index in [2.05, 4.69) is 44.9 Å². The van der Waals surface area contributed by atoms with Gasteiger partial charge in [0.1, 0.15) is 12.1 Å². The number of carbonyl (C=O) groups is 2. The molecule has 216 valence electrons. The predicted molar refractivity (Wildman–Crippen MR) is 159 cm³/mol. The SMILES string of the molecule is CCCCC(Nc1ccc2[nH]ncc2c1)C(=O)OCC.CCCCC(Nc1ccc2[nH]ncc2c1)C(=O)OCC. The molecule has 4 aromatic rings. The third kappa shape index (κ3) is 9.00. The summed E-state index contributed by atoms with van der Waals surface area (Å²) < 4.78 is 10.3. The molecule has 0 bridgehead atoms. The highest BCUT2D eigenvalue weighted by Gasteiger charge is 2.20. The molecule has 10 nitrogen and oxygen atoms in total. The Morgan fingerprint density at radius 1 is 0.725 bits per heavy atom. The summed E-state index contributed by atoms with van der Waals surface area (Å²) in [5, 5.41) is 22.4. The van der Waals surface area contributed by atoms with Crippen LogP contribution in [0.4, 0.5) is 11.4 Å². The number of unbranched alkanes of at least 4 members (excludes halogenated alkanes) is 2. The highest BCUT2D eigenvalue weighted by molar-refractivity contribution is 5.85. The Balaban J connectivity index is 0.000000220. The number of esters is 2. The van der Waals surface area contributed by atoms with Gasteiger partial charge in [0.15, 0.2) is 0 Å². The zero-order chi connectivity index (χ0) is 28.7. The standard InChI is InChI=1S/2C15H21N3O2/c2*1-3-5-6-14(15(19)20-4-2)17-12-7-8-13-11(9-12)10-16-18-13/h2*7-10,14,17H,3-6H2,1-2H3,(H,16,18). The lowest BCUT2D eigenvalue weighted by Crippen LogP contribution is -2.31. The van der Waals surface area contributed by atoms with Crippen LogP contribution in [0.15, 0.2) is 48.8 Å². The quantitative estimate of drug-likeness (QED) is 0.137. The minimum Gasteiger partial charge on any atom is -0.464 e. The number of nitrogens with zero attached hydrogens (tertiary/aromatic N) is 2. The molecule has 10 heteroatoms. The summed E-state index contributed by atoms with van der Waals surface area (Å²) in [6.07, 6.45) is 9.18. The molecule has 0 fully saturated rings. The Hall–Kier alpha value is -4.08. The van der Waals surface area contributed by atoms with Gasteiger partial charge in [-0.1, -0.05) is 39.5 Å². The van der Waals surface area contributed by atoms with Gasteiger partial charge in [0.25, 0.3) is 0 Å². The lowest BCUT2D eigenvalue weighted by atomic mass is 10.1. The van der Waals surface area contributed by atoms with Crippen LogP contribution in [0, 0.1) is 0 Å². The van der Waals surface area contributed by atoms with Crippen LogP contribution in [0.3, 0.4) is 0 Å². The van der Waals surface area contributed by atoms with Gasteiger partial charge in [-0.15, -0.1) is 0 Å². The number of fused-ring (bicyclic) bond motifs is 2. The lowest BCUT2D eigenvalue weighted by Gasteiger charge is -2.18. The molecule has 2 aromatic carbocycles. The lowest BCUT2D eigenvalue weighted by molar-refractivity contribution is -0.145. The van der Waals surface area contributed by atoms with Crippen molar-refractivity contribution in [3.05, 3.63) is 48.8 Å². The van der Waals surface area contributed by atoms with Crippen LogP contribution in [0.25, 0.3) is 21.8 Å². The van der Waals surface area contributed by atoms with E-state index in [1.54, 1.807) is 12.4 Å². The Labute approximate surface area is 235 Å². The smallest absolute Gasteiger partial charge is 0.328 e. The number of carbonyl (C=O) groups excluding carboxylic acids is 2. The predicted octanol–water partition coefficient (Wildman–Crippen LogP) is 6.19. The molecule has 4 rings (SSSR count). The molecule has 0 aliphatic heterocycles. The van der Waals surface area contributed by atoms with Gasteiger partial charge in [0.2, 0.25) is 0 Å². The monoisotopic (exact) mass is 550 g/mol. The van der Waals surface area contributed by atoms with Crippen molar-refractivity contribution < 1.29 is 19.1 Å². The van der Waals surface area contributed by atoms with Crippen LogP contribution in [0.2, 0.25) is 0 Å². The fourth-order valence-corrected chi connectivity index (χ4v) is 4.27. The van der Waals surface area contributed by atoms with Crippen molar-refractivity contribution in [2.75, 3.05) is 23.8 Å². The second kappa shape index (κ2) is 16.1. The Morgan fingerprint density at radius 2 is 1.15 bits per heavy atom. The zero-order valence-corrected chi connectivity index (χ0v) is 24.0. The fourth-order valence-electron chi connectivity index (χ4n) is 4.27. The number of anilines is 2. The Kier molecular flexibility index (Phi) is 12.3. The topological polar surface area (TPSA) is 134 Å². The van der Waals surface area contributed by atoms with E-state index >= 15 is 0 Å². The minimum atomic E-state index is -0.292. The van der Waals surface area contributed by atoms with Crippen molar-refractivity contribution in [2.45, 2.75) is 78.3 Å². The summed E-state index contributed by atoms with van der Waals surface area (Å²) in [5.41, 5.74) is 3.79. The molecule has 0 radical (unpaired) electrons. The third-order valence-corrected chi connectivity index (χ3v) is 6.40. The van der Waals surface area contributed by atoms with Gasteiger partial charge in [-0.25, -0.2) is 9.59 Å². The second-order valence-corrected chi connectivity index (χ2v) is 9.53. The van der Waals surface area contributed by atoms with Gasteiger partial charge in [0, 0.05) is 22.1 Å². The van der Waals surface area contributed by atoms with E-state index in [9.17, 15) is 9.59 Å². The highest BCUT2D eigenvalue weighted by atomic mass is 16.5. The van der Waals surface area contributed by atoms with Crippen LogP contribution < -0.4 is 10.6 Å². The van der Waals surface area contributed by atoms with Crippen molar-refractivity contribution >= 4 is 45.1 Å². The molecule has 2 atom stereocenters. The summed E-state index contributed by atoms with van der Waals surface area (Å²) in [7, 11) is 0. The van der Waals surface area contributed by atoms with Crippen molar-refractivity contribution in [2.24, 2.45) is 0 Å². The van der Waals surface area contributed by atoms with E-state index in [1.165, 1.54) is 0 Å². The van der Waals surface area contributed by atoms with E-state index in [4.69, 9.17) is 9.47 Å². The number of benzene rings is 2.